The minimum atomic E-state index is -4.64. The number of benzene rings is 1. The van der Waals surface area contributed by atoms with Gasteiger partial charge < -0.3 is 10.2 Å². The Hall–Kier alpha value is -4.01. The molecule has 1 amide bonds. The Kier molecular flexibility index (Phi) is 8.79. The number of pyridine rings is 1. The Labute approximate surface area is 269 Å². The van der Waals surface area contributed by atoms with E-state index in [0.29, 0.717) is 34.8 Å². The van der Waals surface area contributed by atoms with Crippen molar-refractivity contribution in [3.05, 3.63) is 81.9 Å². The third kappa shape index (κ3) is 6.20. The standard InChI is InChI=1S/C37H42F3N5O/c1-6-24-19-45(20-27-16-21(3)28-14-15-32(28)42-27)23(5)35(34(24)37(38,39)40)44-36(46)30-18-33(43-31-11-9-8-10-29(30)31)25-12-13-26(7-2)41-22(4)17-25/h8-11,16-18,26,28,32H,6-7,12-15,19-20H2,1-5H3,(H,44,46). The number of alkyl halides is 3. The molecule has 3 unspecified atom stereocenters. The molecule has 1 aromatic carbocycles. The van der Waals surface area contributed by atoms with Crippen molar-refractivity contribution < 1.29 is 18.0 Å². The van der Waals surface area contributed by atoms with Gasteiger partial charge in [0.1, 0.15) is 0 Å². The molecule has 3 aliphatic heterocycles. The van der Waals surface area contributed by atoms with E-state index in [1.54, 1.807) is 26.0 Å². The highest BCUT2D eigenvalue weighted by Crippen LogP contribution is 2.41. The number of allylic oxidation sites excluding steroid dienone is 4. The third-order valence-electron chi connectivity index (χ3n) is 9.95. The summed E-state index contributed by atoms with van der Waals surface area (Å²) in [7, 11) is 0. The fraction of sp³-hybridized carbons (Fsp3) is 0.459. The van der Waals surface area contributed by atoms with Crippen LogP contribution in [0.25, 0.3) is 16.5 Å². The van der Waals surface area contributed by atoms with Crippen molar-refractivity contribution in [1.82, 2.24) is 15.2 Å². The number of aromatic nitrogens is 1. The van der Waals surface area contributed by atoms with Gasteiger partial charge in [-0.05, 0) is 94.7 Å². The lowest BCUT2D eigenvalue weighted by Gasteiger charge is -2.40. The number of nitrogens with zero attached hydrogens (tertiary/aromatic N) is 4. The number of halogens is 3. The number of dihydropyridines is 1. The van der Waals surface area contributed by atoms with Crippen LogP contribution in [0.1, 0.15) is 89.2 Å². The molecule has 1 saturated carbocycles. The van der Waals surface area contributed by atoms with Crippen molar-refractivity contribution in [3.63, 3.8) is 0 Å². The van der Waals surface area contributed by atoms with E-state index in [1.807, 2.05) is 36.1 Å². The van der Waals surface area contributed by atoms with Gasteiger partial charge in [-0.1, -0.05) is 37.6 Å². The number of nitrogens with one attached hydrogen (secondary N) is 1. The minimum Gasteiger partial charge on any atom is -0.363 e. The molecule has 46 heavy (non-hydrogen) atoms. The Morgan fingerprint density at radius 2 is 1.83 bits per heavy atom. The Morgan fingerprint density at radius 3 is 2.50 bits per heavy atom. The average molecular weight is 630 g/mol. The molecule has 4 heterocycles. The maximum Gasteiger partial charge on any atom is 0.418 e. The van der Waals surface area contributed by atoms with Gasteiger partial charge in [-0.2, -0.15) is 13.2 Å². The molecule has 242 valence electrons. The van der Waals surface area contributed by atoms with Crippen LogP contribution in [0, 0.1) is 5.92 Å². The molecule has 0 saturated heterocycles. The van der Waals surface area contributed by atoms with Gasteiger partial charge in [0.2, 0.25) is 0 Å². The summed E-state index contributed by atoms with van der Waals surface area (Å²) in [5.74, 6) is -0.111. The van der Waals surface area contributed by atoms with Crippen LogP contribution >= 0.6 is 0 Å². The van der Waals surface area contributed by atoms with E-state index in [1.165, 1.54) is 5.57 Å². The zero-order valence-electron chi connectivity index (χ0n) is 27.3. The van der Waals surface area contributed by atoms with E-state index in [-0.39, 0.29) is 41.9 Å². The molecule has 1 aliphatic carbocycles. The fourth-order valence-corrected chi connectivity index (χ4v) is 7.21. The van der Waals surface area contributed by atoms with Gasteiger partial charge in [0.25, 0.3) is 5.91 Å². The van der Waals surface area contributed by atoms with Gasteiger partial charge in [0.05, 0.1) is 52.4 Å². The molecule has 2 aromatic rings. The summed E-state index contributed by atoms with van der Waals surface area (Å²) in [6.07, 6.45) is 4.37. The van der Waals surface area contributed by atoms with Crippen LogP contribution in [-0.4, -0.2) is 58.6 Å². The highest BCUT2D eigenvalue weighted by Gasteiger charge is 2.43. The van der Waals surface area contributed by atoms with E-state index in [9.17, 15) is 18.0 Å². The smallest absolute Gasteiger partial charge is 0.363 e. The van der Waals surface area contributed by atoms with Crippen LogP contribution in [0.5, 0.6) is 0 Å². The quantitative estimate of drug-likeness (QED) is 0.335. The monoisotopic (exact) mass is 629 g/mol. The number of carbonyl (C=O) groups excluding carboxylic acids is 1. The summed E-state index contributed by atoms with van der Waals surface area (Å²) in [4.78, 5) is 30.7. The summed E-state index contributed by atoms with van der Waals surface area (Å²) in [5, 5.41) is 3.35. The summed E-state index contributed by atoms with van der Waals surface area (Å²) in [5.41, 5.74) is 5.24. The van der Waals surface area contributed by atoms with Crippen LogP contribution in [0.3, 0.4) is 0 Å². The first-order valence-corrected chi connectivity index (χ1v) is 16.4. The molecule has 1 aromatic heterocycles. The van der Waals surface area contributed by atoms with Crippen molar-refractivity contribution in [2.24, 2.45) is 15.9 Å². The molecule has 0 spiro atoms. The molecular formula is C37H42F3N5O. The zero-order valence-corrected chi connectivity index (χ0v) is 27.3. The highest BCUT2D eigenvalue weighted by molar-refractivity contribution is 6.08. The number of aliphatic imine (C=N–C) groups is 2. The second-order valence-corrected chi connectivity index (χ2v) is 13.0. The molecule has 1 fully saturated rings. The van der Waals surface area contributed by atoms with E-state index >= 15 is 0 Å². The topological polar surface area (TPSA) is 70.0 Å². The lowest BCUT2D eigenvalue weighted by Crippen LogP contribution is -2.42. The SMILES string of the molecule is CCC1=C(C(F)(F)F)C(NC(=O)c2cc(C3=CC(C)=NC(CC)CC3)nc3ccccc23)=C(C)N(CC2=NC3CCC3C(C)=C2)C1. The summed E-state index contributed by atoms with van der Waals surface area (Å²) in [6, 6.07) is 9.48. The number of rotatable bonds is 7. The predicted octanol–water partition coefficient (Wildman–Crippen LogP) is 8.38. The largest absolute Gasteiger partial charge is 0.418 e. The molecule has 1 N–H and O–H groups in total. The van der Waals surface area contributed by atoms with Gasteiger partial charge in [0.15, 0.2) is 0 Å². The van der Waals surface area contributed by atoms with Gasteiger partial charge in [-0.15, -0.1) is 0 Å². The predicted molar refractivity (Wildman–Crippen MR) is 179 cm³/mol. The van der Waals surface area contributed by atoms with Crippen LogP contribution in [0.15, 0.2) is 80.6 Å². The first kappa shape index (κ1) is 32.0. The van der Waals surface area contributed by atoms with Crippen LogP contribution in [0.2, 0.25) is 0 Å². The normalized spacial score (nSPS) is 23.7. The Morgan fingerprint density at radius 1 is 1.04 bits per heavy atom. The van der Waals surface area contributed by atoms with Crippen molar-refractivity contribution >= 4 is 33.8 Å². The molecule has 4 aliphatic rings. The lowest BCUT2D eigenvalue weighted by atomic mass is 9.73. The van der Waals surface area contributed by atoms with Crippen molar-refractivity contribution in [2.75, 3.05) is 13.1 Å². The van der Waals surface area contributed by atoms with E-state index in [2.05, 4.69) is 25.2 Å². The van der Waals surface area contributed by atoms with Crippen LogP contribution < -0.4 is 5.32 Å². The van der Waals surface area contributed by atoms with Gasteiger partial charge in [-0.3, -0.25) is 14.8 Å². The minimum absolute atomic E-state index is 0.132. The molecular weight excluding hydrogens is 587 g/mol. The van der Waals surface area contributed by atoms with Crippen molar-refractivity contribution in [1.29, 1.82) is 0 Å². The first-order chi connectivity index (χ1) is 22.0. The van der Waals surface area contributed by atoms with Crippen LogP contribution in [0.4, 0.5) is 13.2 Å². The number of hydrogen-bond acceptors (Lipinski definition) is 5. The van der Waals surface area contributed by atoms with Gasteiger partial charge in [0, 0.05) is 29.3 Å². The average Bonchev–Trinajstić information content (AvgIpc) is 3.20. The first-order valence-electron chi connectivity index (χ1n) is 16.4. The number of fused-ring (bicyclic) bond motifs is 2. The number of amides is 1. The Bertz CT molecular complexity index is 1760. The maximum atomic E-state index is 14.8. The molecule has 0 radical (unpaired) electrons. The number of carbonyl (C=O) groups is 1. The lowest BCUT2D eigenvalue weighted by molar-refractivity contribution is -0.0916. The van der Waals surface area contributed by atoms with Gasteiger partial charge >= 0.3 is 6.18 Å². The van der Waals surface area contributed by atoms with Crippen LogP contribution in [-0.2, 0) is 0 Å². The molecule has 6 rings (SSSR count). The summed E-state index contributed by atoms with van der Waals surface area (Å²) in [6.45, 7) is 10.1. The zero-order chi connectivity index (χ0) is 32.7. The van der Waals surface area contributed by atoms with E-state index < -0.39 is 17.7 Å². The van der Waals surface area contributed by atoms with Gasteiger partial charge in [-0.25, -0.2) is 4.98 Å². The van der Waals surface area contributed by atoms with Crippen molar-refractivity contribution in [2.45, 2.75) is 91.4 Å². The van der Waals surface area contributed by atoms with Crippen molar-refractivity contribution in [3.8, 4) is 0 Å². The fourth-order valence-electron chi connectivity index (χ4n) is 7.21. The summed E-state index contributed by atoms with van der Waals surface area (Å²) < 4.78 is 44.3. The molecule has 9 heteroatoms. The molecule has 3 atom stereocenters. The maximum absolute atomic E-state index is 14.8. The molecule has 6 nitrogen and oxygen atoms in total. The molecule has 0 bridgehead atoms. The van der Waals surface area contributed by atoms with E-state index in [4.69, 9.17) is 15.0 Å². The van der Waals surface area contributed by atoms with E-state index in [0.717, 1.165) is 49.1 Å². The second-order valence-electron chi connectivity index (χ2n) is 13.0. The highest BCUT2D eigenvalue weighted by atomic mass is 19.4. The Balaban J connectivity index is 1.39. The summed E-state index contributed by atoms with van der Waals surface area (Å²) >= 11 is 0. The number of hydrogen-bond donors (Lipinski definition) is 1. The third-order valence-corrected chi connectivity index (χ3v) is 9.95. The number of para-hydroxylation sites is 1. The second kappa shape index (κ2) is 12.6.